The lowest BCUT2D eigenvalue weighted by Crippen LogP contribution is -2.00. The fraction of sp³-hybridized carbons (Fsp3) is 0.333. The minimum atomic E-state index is -1.14. The third kappa shape index (κ3) is 2.79. The molecule has 1 aliphatic rings. The van der Waals surface area contributed by atoms with Crippen molar-refractivity contribution in [1.29, 1.82) is 0 Å². The first kappa shape index (κ1) is 13.0. The third-order valence-electron chi connectivity index (χ3n) is 2.93. The smallest absolute Gasteiger partial charge is 0.335 e. The first-order chi connectivity index (χ1) is 9.63. The number of aromatic nitrogens is 4. The molecule has 0 unspecified atom stereocenters. The molecule has 0 bridgehead atoms. The van der Waals surface area contributed by atoms with Crippen LogP contribution >= 0.6 is 11.8 Å². The molecule has 1 fully saturated rings. The van der Waals surface area contributed by atoms with Gasteiger partial charge < -0.3 is 5.11 Å². The monoisotopic (exact) mass is 294 g/mol. The number of halogens is 1. The second-order valence-corrected chi connectivity index (χ2v) is 5.52. The predicted octanol–water partition coefficient (Wildman–Crippen LogP) is 2.14. The molecule has 0 amide bonds. The molecule has 1 saturated carbocycles. The number of carbonyl (C=O) groups is 1. The molecule has 1 aromatic heterocycles. The van der Waals surface area contributed by atoms with Crippen molar-refractivity contribution in [3.8, 4) is 0 Å². The number of benzene rings is 1. The molecule has 20 heavy (non-hydrogen) atoms. The zero-order chi connectivity index (χ0) is 14.1. The van der Waals surface area contributed by atoms with E-state index in [-0.39, 0.29) is 5.56 Å². The summed E-state index contributed by atoms with van der Waals surface area (Å²) in [5.41, 5.74) is 0.542. The summed E-state index contributed by atoms with van der Waals surface area (Å²) in [6, 6.07) is 4.16. The number of hydrogen-bond donors (Lipinski definition) is 1. The highest BCUT2D eigenvalue weighted by molar-refractivity contribution is 7.98. The zero-order valence-corrected chi connectivity index (χ0v) is 11.2. The van der Waals surface area contributed by atoms with Crippen LogP contribution in [0.25, 0.3) is 0 Å². The molecule has 104 valence electrons. The van der Waals surface area contributed by atoms with E-state index in [0.717, 1.165) is 18.9 Å². The van der Waals surface area contributed by atoms with E-state index in [1.807, 2.05) is 0 Å². The first-order valence-corrected chi connectivity index (χ1v) is 7.05. The Labute approximate surface area is 118 Å². The predicted molar refractivity (Wildman–Crippen MR) is 69.0 cm³/mol. The van der Waals surface area contributed by atoms with E-state index >= 15 is 0 Å². The Hall–Kier alpha value is -1.96. The van der Waals surface area contributed by atoms with Gasteiger partial charge >= 0.3 is 5.97 Å². The van der Waals surface area contributed by atoms with Crippen molar-refractivity contribution >= 4 is 17.7 Å². The number of carboxylic acids is 1. The van der Waals surface area contributed by atoms with Crippen LogP contribution in [-0.2, 0) is 5.75 Å². The third-order valence-corrected chi connectivity index (χ3v) is 3.93. The van der Waals surface area contributed by atoms with Gasteiger partial charge in [-0.05, 0) is 47.0 Å². The van der Waals surface area contributed by atoms with E-state index < -0.39 is 11.8 Å². The standard InChI is InChI=1S/C12H11FN4O2S/c13-9-4-7(3-8(5-9)11(18)19)6-20-12-14-15-16-17(12)10-1-2-10/h3-5,10H,1-2,6H2,(H,18,19). The molecule has 1 aliphatic carbocycles. The molecule has 3 rings (SSSR count). The van der Waals surface area contributed by atoms with Crippen LogP contribution in [0.4, 0.5) is 4.39 Å². The van der Waals surface area contributed by atoms with Gasteiger partial charge in [-0.15, -0.1) is 5.10 Å². The van der Waals surface area contributed by atoms with Crippen LogP contribution in [0.3, 0.4) is 0 Å². The van der Waals surface area contributed by atoms with Gasteiger partial charge in [-0.3, -0.25) is 0 Å². The maximum absolute atomic E-state index is 13.4. The van der Waals surface area contributed by atoms with Crippen LogP contribution in [0.15, 0.2) is 23.4 Å². The lowest BCUT2D eigenvalue weighted by molar-refractivity contribution is 0.0696. The lowest BCUT2D eigenvalue weighted by atomic mass is 10.1. The molecule has 6 nitrogen and oxygen atoms in total. The van der Waals surface area contributed by atoms with Gasteiger partial charge in [0.05, 0.1) is 11.6 Å². The van der Waals surface area contributed by atoms with E-state index in [1.54, 1.807) is 4.68 Å². The fourth-order valence-electron chi connectivity index (χ4n) is 1.83. The topological polar surface area (TPSA) is 80.9 Å². The van der Waals surface area contributed by atoms with Crippen LogP contribution in [0.5, 0.6) is 0 Å². The molecule has 0 aliphatic heterocycles. The summed E-state index contributed by atoms with van der Waals surface area (Å²) >= 11 is 1.37. The maximum atomic E-state index is 13.4. The number of hydrogen-bond acceptors (Lipinski definition) is 5. The van der Waals surface area contributed by atoms with Crippen LogP contribution in [-0.4, -0.2) is 31.3 Å². The summed E-state index contributed by atoms with van der Waals surface area (Å²) in [5, 5.41) is 21.1. The molecule has 0 radical (unpaired) electrons. The van der Waals surface area contributed by atoms with E-state index in [1.165, 1.54) is 23.9 Å². The Morgan fingerprint density at radius 2 is 2.25 bits per heavy atom. The van der Waals surface area contributed by atoms with Gasteiger partial charge in [-0.25, -0.2) is 13.9 Å². The fourth-order valence-corrected chi connectivity index (χ4v) is 2.71. The molecule has 0 atom stereocenters. The summed E-state index contributed by atoms with van der Waals surface area (Å²) in [6.07, 6.45) is 2.14. The summed E-state index contributed by atoms with van der Waals surface area (Å²) < 4.78 is 15.1. The average Bonchev–Trinajstić information content (AvgIpc) is 3.15. The maximum Gasteiger partial charge on any atom is 0.335 e. The van der Waals surface area contributed by atoms with E-state index in [2.05, 4.69) is 15.5 Å². The Kier molecular flexibility index (Phi) is 3.39. The van der Waals surface area contributed by atoms with Gasteiger partial charge in [0, 0.05) is 5.75 Å². The van der Waals surface area contributed by atoms with Crippen molar-refractivity contribution in [3.63, 3.8) is 0 Å². The molecular weight excluding hydrogens is 283 g/mol. The van der Waals surface area contributed by atoms with Crippen molar-refractivity contribution in [1.82, 2.24) is 20.2 Å². The van der Waals surface area contributed by atoms with Crippen molar-refractivity contribution in [2.24, 2.45) is 0 Å². The van der Waals surface area contributed by atoms with Crippen LogP contribution in [0, 0.1) is 5.82 Å². The highest BCUT2D eigenvalue weighted by Gasteiger charge is 2.27. The van der Waals surface area contributed by atoms with Gasteiger partial charge in [0.15, 0.2) is 0 Å². The summed E-state index contributed by atoms with van der Waals surface area (Å²) in [7, 11) is 0. The normalized spacial score (nSPS) is 14.4. The number of rotatable bonds is 5. The average molecular weight is 294 g/mol. The SMILES string of the molecule is O=C(O)c1cc(F)cc(CSc2nnnn2C2CC2)c1. The molecule has 0 saturated heterocycles. The number of aromatic carboxylic acids is 1. The Balaban J connectivity index is 1.74. The van der Waals surface area contributed by atoms with E-state index in [0.29, 0.717) is 22.5 Å². The minimum absolute atomic E-state index is 0.0533. The van der Waals surface area contributed by atoms with Crippen LogP contribution in [0.1, 0.15) is 34.8 Å². The molecule has 0 spiro atoms. The van der Waals surface area contributed by atoms with E-state index in [9.17, 15) is 9.18 Å². The Morgan fingerprint density at radius 3 is 2.95 bits per heavy atom. The zero-order valence-electron chi connectivity index (χ0n) is 10.4. The van der Waals surface area contributed by atoms with E-state index in [4.69, 9.17) is 5.11 Å². The lowest BCUT2D eigenvalue weighted by Gasteiger charge is -2.04. The quantitative estimate of drug-likeness (QED) is 0.851. The number of thioether (sulfide) groups is 1. The highest BCUT2D eigenvalue weighted by atomic mass is 32.2. The molecule has 2 aromatic rings. The molecule has 1 heterocycles. The van der Waals surface area contributed by atoms with Crippen LogP contribution < -0.4 is 0 Å². The molecule has 1 aromatic carbocycles. The van der Waals surface area contributed by atoms with Gasteiger partial charge in [-0.1, -0.05) is 11.8 Å². The first-order valence-electron chi connectivity index (χ1n) is 6.07. The largest absolute Gasteiger partial charge is 0.478 e. The molecular formula is C12H11FN4O2S. The van der Waals surface area contributed by atoms with Crippen molar-refractivity contribution < 1.29 is 14.3 Å². The van der Waals surface area contributed by atoms with Crippen molar-refractivity contribution in [2.75, 3.05) is 0 Å². The van der Waals surface area contributed by atoms with Gasteiger partial charge in [0.1, 0.15) is 5.82 Å². The van der Waals surface area contributed by atoms with Gasteiger partial charge in [-0.2, -0.15) is 0 Å². The van der Waals surface area contributed by atoms with Gasteiger partial charge in [0.2, 0.25) is 5.16 Å². The Bertz CT molecular complexity index is 657. The van der Waals surface area contributed by atoms with Gasteiger partial charge in [0.25, 0.3) is 0 Å². The summed E-state index contributed by atoms with van der Waals surface area (Å²) in [5.74, 6) is -1.27. The Morgan fingerprint density at radius 1 is 1.45 bits per heavy atom. The van der Waals surface area contributed by atoms with Crippen molar-refractivity contribution in [2.45, 2.75) is 29.8 Å². The number of carboxylic acid groups (broad SMARTS) is 1. The number of tetrazole rings is 1. The second kappa shape index (κ2) is 5.20. The number of nitrogens with zero attached hydrogens (tertiary/aromatic N) is 4. The molecule has 1 N–H and O–H groups in total. The minimum Gasteiger partial charge on any atom is -0.478 e. The molecule has 8 heteroatoms. The summed E-state index contributed by atoms with van der Waals surface area (Å²) in [6.45, 7) is 0. The highest BCUT2D eigenvalue weighted by Crippen LogP contribution is 2.36. The second-order valence-electron chi connectivity index (χ2n) is 4.58. The summed E-state index contributed by atoms with van der Waals surface area (Å²) in [4.78, 5) is 10.9. The van der Waals surface area contributed by atoms with Crippen LogP contribution in [0.2, 0.25) is 0 Å². The van der Waals surface area contributed by atoms with Crippen molar-refractivity contribution in [3.05, 3.63) is 35.1 Å².